The van der Waals surface area contributed by atoms with Gasteiger partial charge in [0.15, 0.2) is 5.69 Å². The van der Waals surface area contributed by atoms with E-state index in [0.717, 1.165) is 11.3 Å². The minimum absolute atomic E-state index is 0.179. The molecule has 1 atom stereocenters. The van der Waals surface area contributed by atoms with Crippen LogP contribution >= 0.6 is 0 Å². The number of aromatic nitrogens is 2. The highest BCUT2D eigenvalue weighted by Crippen LogP contribution is 2.33. The smallest absolute Gasteiger partial charge is 0.356 e. The SMILES string of the molecule is COC(=O)c1c(NC(=O)Cc2ccccc2)c2cc(NCCC(C)O)cnc2n1CC(C)C. The molecule has 0 aliphatic heterocycles. The second kappa shape index (κ2) is 11.0. The lowest BCUT2D eigenvalue weighted by molar-refractivity contribution is -0.115. The zero-order valence-electron chi connectivity index (χ0n) is 19.6. The van der Waals surface area contributed by atoms with Crippen LogP contribution in [-0.4, -0.2) is 46.3 Å². The summed E-state index contributed by atoms with van der Waals surface area (Å²) in [5, 5.41) is 16.4. The highest BCUT2D eigenvalue weighted by atomic mass is 16.5. The van der Waals surface area contributed by atoms with Crippen molar-refractivity contribution < 1.29 is 19.4 Å². The van der Waals surface area contributed by atoms with Gasteiger partial charge in [0.1, 0.15) is 5.65 Å². The van der Waals surface area contributed by atoms with Gasteiger partial charge in [0.25, 0.3) is 0 Å². The van der Waals surface area contributed by atoms with Crippen LogP contribution in [0.2, 0.25) is 0 Å². The maximum atomic E-state index is 12.9. The molecule has 33 heavy (non-hydrogen) atoms. The molecule has 0 fully saturated rings. The summed E-state index contributed by atoms with van der Waals surface area (Å²) in [7, 11) is 1.33. The van der Waals surface area contributed by atoms with Crippen LogP contribution < -0.4 is 10.6 Å². The molecule has 3 rings (SSSR count). The Hall–Kier alpha value is -3.39. The quantitative estimate of drug-likeness (QED) is 0.404. The second-order valence-corrected chi connectivity index (χ2v) is 8.59. The van der Waals surface area contributed by atoms with Gasteiger partial charge in [-0.25, -0.2) is 9.78 Å². The molecule has 0 bridgehead atoms. The molecule has 1 aromatic carbocycles. The molecule has 0 radical (unpaired) electrons. The van der Waals surface area contributed by atoms with Gasteiger partial charge in [-0.3, -0.25) is 4.79 Å². The number of ether oxygens (including phenoxy) is 1. The number of carbonyl (C=O) groups excluding carboxylic acids is 2. The maximum Gasteiger partial charge on any atom is 0.356 e. The molecule has 3 N–H and O–H groups in total. The number of aliphatic hydroxyl groups excluding tert-OH is 1. The zero-order chi connectivity index (χ0) is 24.0. The summed E-state index contributed by atoms with van der Waals surface area (Å²) in [6.07, 6.45) is 2.04. The summed E-state index contributed by atoms with van der Waals surface area (Å²) in [4.78, 5) is 30.3. The normalized spacial score (nSPS) is 12.1. The van der Waals surface area contributed by atoms with E-state index in [9.17, 15) is 14.7 Å². The average Bonchev–Trinajstić information content (AvgIpc) is 3.05. The third kappa shape index (κ3) is 6.10. The van der Waals surface area contributed by atoms with E-state index in [4.69, 9.17) is 4.74 Å². The number of esters is 1. The van der Waals surface area contributed by atoms with Crippen molar-refractivity contribution >= 4 is 34.3 Å². The fraction of sp³-hybridized carbons (Fsp3) is 0.400. The number of pyridine rings is 1. The molecule has 8 nitrogen and oxygen atoms in total. The van der Waals surface area contributed by atoms with Gasteiger partial charge in [0, 0.05) is 18.5 Å². The number of hydrogen-bond acceptors (Lipinski definition) is 6. The molecule has 8 heteroatoms. The number of anilines is 2. The monoisotopic (exact) mass is 452 g/mol. The maximum absolute atomic E-state index is 12.9. The lowest BCUT2D eigenvalue weighted by Crippen LogP contribution is -2.19. The molecule has 3 aromatic rings. The molecule has 1 amide bonds. The average molecular weight is 453 g/mol. The van der Waals surface area contributed by atoms with Crippen molar-refractivity contribution in [3.8, 4) is 0 Å². The molecule has 0 aliphatic rings. The third-order valence-corrected chi connectivity index (χ3v) is 5.19. The van der Waals surface area contributed by atoms with Crippen molar-refractivity contribution in [2.45, 2.75) is 46.3 Å². The van der Waals surface area contributed by atoms with Crippen LogP contribution in [0.4, 0.5) is 11.4 Å². The fourth-order valence-electron chi connectivity index (χ4n) is 3.69. The van der Waals surface area contributed by atoms with Gasteiger partial charge < -0.3 is 25.0 Å². The Morgan fingerprint density at radius 1 is 1.18 bits per heavy atom. The van der Waals surface area contributed by atoms with Crippen LogP contribution in [0.15, 0.2) is 42.6 Å². The summed E-state index contributed by atoms with van der Waals surface area (Å²) in [6.45, 7) is 6.94. The number of hydrogen-bond donors (Lipinski definition) is 3. The van der Waals surface area contributed by atoms with Gasteiger partial charge >= 0.3 is 5.97 Å². The van der Waals surface area contributed by atoms with Gasteiger partial charge in [0.05, 0.1) is 37.2 Å². The van der Waals surface area contributed by atoms with Crippen LogP contribution in [-0.2, 0) is 22.5 Å². The molecule has 176 valence electrons. The lowest BCUT2D eigenvalue weighted by Gasteiger charge is -2.12. The van der Waals surface area contributed by atoms with Crippen molar-refractivity contribution in [3.05, 3.63) is 53.9 Å². The van der Waals surface area contributed by atoms with Crippen LogP contribution in [0.3, 0.4) is 0 Å². The summed E-state index contributed by atoms with van der Waals surface area (Å²) < 4.78 is 6.88. The van der Waals surface area contributed by atoms with Crippen LogP contribution in [0.5, 0.6) is 0 Å². The molecule has 0 saturated carbocycles. The largest absolute Gasteiger partial charge is 0.464 e. The van der Waals surface area contributed by atoms with Crippen LogP contribution in [0.1, 0.15) is 43.2 Å². The molecule has 1 unspecified atom stereocenters. The number of carbonyl (C=O) groups is 2. The number of aliphatic hydroxyl groups is 1. The second-order valence-electron chi connectivity index (χ2n) is 8.59. The van der Waals surface area contributed by atoms with Crippen LogP contribution in [0.25, 0.3) is 11.0 Å². The Balaban J connectivity index is 2.05. The Bertz CT molecular complexity index is 1110. The molecular formula is C25H32N4O4. The number of nitrogens with zero attached hydrogens (tertiary/aromatic N) is 2. The van der Waals surface area contributed by atoms with E-state index >= 15 is 0 Å². The Morgan fingerprint density at radius 2 is 1.91 bits per heavy atom. The zero-order valence-corrected chi connectivity index (χ0v) is 19.6. The van der Waals surface area contributed by atoms with E-state index in [2.05, 4.69) is 15.6 Å². The molecule has 0 saturated heterocycles. The van der Waals surface area contributed by atoms with Gasteiger partial charge in [-0.05, 0) is 30.9 Å². The standard InChI is InChI=1S/C25H32N4O4/c1-16(2)15-29-23(25(32)33-4)22(28-21(31)12-18-8-6-5-7-9-18)20-13-19(14-27-24(20)29)26-11-10-17(3)30/h5-9,13-14,16-17,26,30H,10-12,15H2,1-4H3,(H,28,31). The highest BCUT2D eigenvalue weighted by Gasteiger charge is 2.26. The fourth-order valence-corrected chi connectivity index (χ4v) is 3.69. The van der Waals surface area contributed by atoms with Gasteiger partial charge in [-0.1, -0.05) is 44.2 Å². The highest BCUT2D eigenvalue weighted by molar-refractivity contribution is 6.11. The first kappa shape index (κ1) is 24.3. The van der Waals surface area contributed by atoms with Gasteiger partial charge in [0.2, 0.25) is 5.91 Å². The first-order valence-electron chi connectivity index (χ1n) is 11.2. The molecule has 0 aliphatic carbocycles. The van der Waals surface area contributed by atoms with E-state index < -0.39 is 12.1 Å². The van der Waals surface area contributed by atoms with E-state index in [0.29, 0.717) is 36.2 Å². The first-order valence-corrected chi connectivity index (χ1v) is 11.2. The van der Waals surface area contributed by atoms with Gasteiger partial charge in [-0.2, -0.15) is 0 Å². The number of amides is 1. The van der Waals surface area contributed by atoms with Crippen molar-refractivity contribution in [3.63, 3.8) is 0 Å². The number of benzene rings is 1. The molecule has 2 heterocycles. The first-order chi connectivity index (χ1) is 15.8. The summed E-state index contributed by atoms with van der Waals surface area (Å²) >= 11 is 0. The van der Waals surface area contributed by atoms with Crippen LogP contribution in [0, 0.1) is 5.92 Å². The predicted molar refractivity (Wildman–Crippen MR) is 129 cm³/mol. The lowest BCUT2D eigenvalue weighted by atomic mass is 10.1. The van der Waals surface area contributed by atoms with Crippen molar-refractivity contribution in [1.29, 1.82) is 0 Å². The minimum atomic E-state index is -0.535. The summed E-state index contributed by atoms with van der Waals surface area (Å²) in [5.74, 6) is -0.530. The Kier molecular flexibility index (Phi) is 8.06. The molecule has 2 aromatic heterocycles. The summed E-state index contributed by atoms with van der Waals surface area (Å²) in [5.41, 5.74) is 2.88. The summed E-state index contributed by atoms with van der Waals surface area (Å²) in [6, 6.07) is 11.3. The Morgan fingerprint density at radius 3 is 2.55 bits per heavy atom. The number of rotatable bonds is 10. The van der Waals surface area contributed by atoms with Crippen molar-refractivity contribution in [2.24, 2.45) is 5.92 Å². The Labute approximate surface area is 194 Å². The van der Waals surface area contributed by atoms with E-state index in [1.54, 1.807) is 13.1 Å². The number of methoxy groups -OCH3 is 1. The minimum Gasteiger partial charge on any atom is -0.464 e. The molecular weight excluding hydrogens is 420 g/mol. The number of nitrogens with one attached hydrogen (secondary N) is 2. The van der Waals surface area contributed by atoms with Crippen molar-refractivity contribution in [1.82, 2.24) is 9.55 Å². The predicted octanol–water partition coefficient (Wildman–Crippen LogP) is 3.84. The van der Waals surface area contributed by atoms with E-state index in [1.165, 1.54) is 7.11 Å². The number of fused-ring (bicyclic) bond motifs is 1. The third-order valence-electron chi connectivity index (χ3n) is 5.19. The van der Waals surface area contributed by atoms with E-state index in [-0.39, 0.29) is 23.9 Å². The van der Waals surface area contributed by atoms with Crippen molar-refractivity contribution in [2.75, 3.05) is 24.3 Å². The van der Waals surface area contributed by atoms with E-state index in [1.807, 2.05) is 54.8 Å². The topological polar surface area (TPSA) is 105 Å². The molecule has 0 spiro atoms. The van der Waals surface area contributed by atoms with Gasteiger partial charge in [-0.15, -0.1) is 0 Å².